The minimum Gasteiger partial charge on any atom is -0.506 e. The molecule has 0 radical (unpaired) electrons. The summed E-state index contributed by atoms with van der Waals surface area (Å²) in [7, 11) is -2.58. The molecule has 2 rings (SSSR count). The van der Waals surface area contributed by atoms with Gasteiger partial charge in [0, 0.05) is 18.5 Å². The Morgan fingerprint density at radius 3 is 2.53 bits per heavy atom. The first-order chi connectivity index (χ1) is 13.9. The number of nitrogens with zero attached hydrogens (tertiary/aromatic N) is 2. The van der Waals surface area contributed by atoms with Gasteiger partial charge in [0.05, 0.1) is 21.7 Å². The van der Waals surface area contributed by atoms with E-state index >= 15 is 0 Å². The number of phenolic OH excluding ortho intramolecular Hbond substituents is 1. The third kappa shape index (κ3) is 5.85. The van der Waals surface area contributed by atoms with Crippen molar-refractivity contribution in [1.29, 1.82) is 0 Å². The van der Waals surface area contributed by atoms with E-state index in [-0.39, 0.29) is 27.7 Å². The van der Waals surface area contributed by atoms with Gasteiger partial charge in [-0.05, 0) is 35.4 Å². The number of hydrogen-bond acceptors (Lipinski definition) is 6. The molecule has 9 nitrogen and oxygen atoms in total. The molecule has 1 atom stereocenters. The maximum absolute atomic E-state index is 12.3. The Labute approximate surface area is 181 Å². The third-order valence-corrected chi connectivity index (χ3v) is 6.28. The van der Waals surface area contributed by atoms with Crippen LogP contribution in [0.25, 0.3) is 6.08 Å². The second-order valence-corrected chi connectivity index (χ2v) is 9.02. The standard InChI is InChI=1S/C18H16Cl2N2O7S/c1-21(18(24)25)15-5-2-11(8-17(15)23)6-7-30(28,29)10-14(20)12-3-4-13(19)16(9-12)22(26)27/h2-9,14,23H,10H2,1H3,(H,24,25)/b7-6+. The molecule has 0 spiro atoms. The monoisotopic (exact) mass is 474 g/mol. The second-order valence-electron chi connectivity index (χ2n) is 6.16. The molecule has 0 aromatic heterocycles. The van der Waals surface area contributed by atoms with Gasteiger partial charge in [-0.2, -0.15) is 0 Å². The maximum atomic E-state index is 12.3. The SMILES string of the molecule is CN(C(=O)O)c1ccc(/C=C/S(=O)(=O)CC(Cl)c2ccc(Cl)c([N+](=O)[O-])c2)cc1O. The fourth-order valence-electron chi connectivity index (χ4n) is 2.43. The number of benzene rings is 2. The molecule has 0 saturated carbocycles. The predicted octanol–water partition coefficient (Wildman–Crippen LogP) is 4.43. The van der Waals surface area contributed by atoms with Crippen molar-refractivity contribution in [1.82, 2.24) is 0 Å². The van der Waals surface area contributed by atoms with Crippen molar-refractivity contribution in [2.45, 2.75) is 5.38 Å². The van der Waals surface area contributed by atoms with Crippen LogP contribution < -0.4 is 4.90 Å². The van der Waals surface area contributed by atoms with E-state index < -0.39 is 32.0 Å². The summed E-state index contributed by atoms with van der Waals surface area (Å²) in [6, 6.07) is 7.76. The van der Waals surface area contributed by atoms with Gasteiger partial charge in [-0.15, -0.1) is 11.6 Å². The quantitative estimate of drug-likeness (QED) is 0.343. The summed E-state index contributed by atoms with van der Waals surface area (Å²) in [5, 5.41) is 29.6. The van der Waals surface area contributed by atoms with Crippen LogP contribution in [-0.2, 0) is 9.84 Å². The Hall–Kier alpha value is -2.82. The van der Waals surface area contributed by atoms with Crippen molar-refractivity contribution in [3.63, 3.8) is 0 Å². The van der Waals surface area contributed by atoms with E-state index in [1.54, 1.807) is 0 Å². The zero-order valence-corrected chi connectivity index (χ0v) is 17.7. The number of aromatic hydroxyl groups is 1. The van der Waals surface area contributed by atoms with Gasteiger partial charge in [0.2, 0.25) is 0 Å². The van der Waals surface area contributed by atoms with Crippen molar-refractivity contribution >= 4 is 56.6 Å². The predicted molar refractivity (Wildman–Crippen MR) is 114 cm³/mol. The molecule has 0 saturated heterocycles. The van der Waals surface area contributed by atoms with Gasteiger partial charge < -0.3 is 10.2 Å². The molecule has 2 aromatic rings. The minimum absolute atomic E-state index is 0.0349. The number of amides is 1. The van der Waals surface area contributed by atoms with Crippen LogP contribution in [-0.4, -0.2) is 42.4 Å². The Kier molecular flexibility index (Phi) is 7.30. The van der Waals surface area contributed by atoms with E-state index in [9.17, 15) is 28.4 Å². The number of hydrogen-bond donors (Lipinski definition) is 2. The first kappa shape index (κ1) is 23.5. The van der Waals surface area contributed by atoms with E-state index in [0.717, 1.165) is 16.4 Å². The summed E-state index contributed by atoms with van der Waals surface area (Å²) in [4.78, 5) is 22.0. The first-order valence-electron chi connectivity index (χ1n) is 8.19. The largest absolute Gasteiger partial charge is 0.506 e. The normalized spacial score (nSPS) is 12.6. The molecule has 2 N–H and O–H groups in total. The third-order valence-electron chi connectivity index (χ3n) is 4.02. The lowest BCUT2D eigenvalue weighted by Gasteiger charge is -2.14. The molecule has 0 heterocycles. The average molecular weight is 475 g/mol. The molecule has 0 fully saturated rings. The fourth-order valence-corrected chi connectivity index (χ4v) is 4.36. The number of nitro benzene ring substituents is 1. The van der Waals surface area contributed by atoms with Crippen LogP contribution in [0, 0.1) is 10.1 Å². The van der Waals surface area contributed by atoms with E-state index in [1.807, 2.05) is 0 Å². The molecule has 12 heteroatoms. The Morgan fingerprint density at radius 1 is 1.30 bits per heavy atom. The molecular formula is C18H16Cl2N2O7S. The summed E-state index contributed by atoms with van der Waals surface area (Å²) < 4.78 is 24.7. The molecule has 30 heavy (non-hydrogen) atoms. The first-order valence-corrected chi connectivity index (χ1v) is 10.7. The highest BCUT2D eigenvalue weighted by Crippen LogP contribution is 2.32. The summed E-state index contributed by atoms with van der Waals surface area (Å²) >= 11 is 11.9. The fraction of sp³-hybridized carbons (Fsp3) is 0.167. The molecule has 2 aromatic carbocycles. The molecule has 160 valence electrons. The molecule has 1 amide bonds. The van der Waals surface area contributed by atoms with Gasteiger partial charge in [-0.1, -0.05) is 23.7 Å². The van der Waals surface area contributed by atoms with Gasteiger partial charge in [0.15, 0.2) is 9.84 Å². The number of rotatable bonds is 7. The maximum Gasteiger partial charge on any atom is 0.411 e. The summed E-state index contributed by atoms with van der Waals surface area (Å²) in [5.74, 6) is -0.876. The lowest BCUT2D eigenvalue weighted by atomic mass is 10.1. The van der Waals surface area contributed by atoms with E-state index in [4.69, 9.17) is 28.3 Å². The van der Waals surface area contributed by atoms with Crippen molar-refractivity contribution in [3.8, 4) is 5.75 Å². The second kappa shape index (κ2) is 9.33. The molecule has 0 aliphatic carbocycles. The zero-order chi connectivity index (χ0) is 22.6. The van der Waals surface area contributed by atoms with E-state index in [1.165, 1.54) is 43.5 Å². The molecule has 1 unspecified atom stereocenters. The summed E-state index contributed by atoms with van der Waals surface area (Å²) in [5.41, 5.74) is 0.192. The van der Waals surface area contributed by atoms with Crippen LogP contribution in [0.5, 0.6) is 5.75 Å². The highest BCUT2D eigenvalue weighted by molar-refractivity contribution is 7.94. The Bertz CT molecular complexity index is 1120. The lowest BCUT2D eigenvalue weighted by Crippen LogP contribution is -2.23. The Balaban J connectivity index is 2.18. The minimum atomic E-state index is -3.82. The van der Waals surface area contributed by atoms with Gasteiger partial charge in [-0.3, -0.25) is 15.0 Å². The summed E-state index contributed by atoms with van der Waals surface area (Å²) in [6.07, 6.45) is -0.0557. The lowest BCUT2D eigenvalue weighted by molar-refractivity contribution is -0.384. The van der Waals surface area contributed by atoms with Gasteiger partial charge in [0.1, 0.15) is 10.8 Å². The number of carbonyl (C=O) groups is 1. The number of anilines is 1. The number of carboxylic acid groups (broad SMARTS) is 1. The molecular weight excluding hydrogens is 459 g/mol. The zero-order valence-electron chi connectivity index (χ0n) is 15.4. The van der Waals surface area contributed by atoms with Crippen LogP contribution in [0.2, 0.25) is 5.02 Å². The van der Waals surface area contributed by atoms with Crippen LogP contribution in [0.1, 0.15) is 16.5 Å². The van der Waals surface area contributed by atoms with Gasteiger partial charge in [0.25, 0.3) is 5.69 Å². The van der Waals surface area contributed by atoms with Crippen LogP contribution >= 0.6 is 23.2 Å². The summed E-state index contributed by atoms with van der Waals surface area (Å²) in [6.45, 7) is 0. The highest BCUT2D eigenvalue weighted by Gasteiger charge is 2.21. The number of sulfone groups is 1. The van der Waals surface area contributed by atoms with Crippen molar-refractivity contribution < 1.29 is 28.3 Å². The van der Waals surface area contributed by atoms with Crippen LogP contribution in [0.3, 0.4) is 0 Å². The smallest absolute Gasteiger partial charge is 0.411 e. The topological polar surface area (TPSA) is 138 Å². The van der Waals surface area contributed by atoms with Crippen molar-refractivity contribution in [2.24, 2.45) is 0 Å². The number of alkyl halides is 1. The Morgan fingerprint density at radius 2 is 1.97 bits per heavy atom. The van der Waals surface area contributed by atoms with Crippen molar-refractivity contribution in [3.05, 3.63) is 68.1 Å². The van der Waals surface area contributed by atoms with Gasteiger partial charge >= 0.3 is 6.09 Å². The molecule has 0 aliphatic rings. The van der Waals surface area contributed by atoms with E-state index in [0.29, 0.717) is 5.56 Å². The average Bonchev–Trinajstić information content (AvgIpc) is 2.65. The number of nitro groups is 1. The molecule has 0 bridgehead atoms. The molecule has 0 aliphatic heterocycles. The van der Waals surface area contributed by atoms with E-state index in [2.05, 4.69) is 0 Å². The number of phenols is 1. The van der Waals surface area contributed by atoms with Crippen LogP contribution in [0.4, 0.5) is 16.2 Å². The highest BCUT2D eigenvalue weighted by atomic mass is 35.5. The van der Waals surface area contributed by atoms with Crippen molar-refractivity contribution in [2.75, 3.05) is 17.7 Å². The van der Waals surface area contributed by atoms with Gasteiger partial charge in [-0.25, -0.2) is 13.2 Å². The number of halogens is 2. The van der Waals surface area contributed by atoms with Crippen LogP contribution in [0.15, 0.2) is 41.8 Å².